The van der Waals surface area contributed by atoms with Crippen LogP contribution in [0, 0.1) is 5.92 Å². The lowest BCUT2D eigenvalue weighted by molar-refractivity contribution is -0.117. The summed E-state index contributed by atoms with van der Waals surface area (Å²) < 4.78 is 1.81. The van der Waals surface area contributed by atoms with Crippen LogP contribution in [-0.2, 0) is 11.3 Å². The highest BCUT2D eigenvalue weighted by Crippen LogP contribution is 2.31. The summed E-state index contributed by atoms with van der Waals surface area (Å²) in [5, 5.41) is 11.3. The molecule has 5 rings (SSSR count). The van der Waals surface area contributed by atoms with Gasteiger partial charge in [-0.1, -0.05) is 18.2 Å². The number of thiophene rings is 1. The molecule has 3 aromatic heterocycles. The van der Waals surface area contributed by atoms with Crippen molar-refractivity contribution >= 4 is 28.2 Å². The Hall–Kier alpha value is -3.78. The molecule has 7 nitrogen and oxygen atoms in total. The predicted molar refractivity (Wildman–Crippen MR) is 124 cm³/mol. The van der Waals surface area contributed by atoms with E-state index >= 15 is 0 Å². The van der Waals surface area contributed by atoms with Gasteiger partial charge in [0.2, 0.25) is 5.91 Å². The summed E-state index contributed by atoms with van der Waals surface area (Å²) in [5.41, 5.74) is 3.56. The van der Waals surface area contributed by atoms with Crippen LogP contribution < -0.4 is 10.6 Å². The number of carbonyl (C=O) groups excluding carboxylic acids is 2. The van der Waals surface area contributed by atoms with Crippen LogP contribution in [0.2, 0.25) is 0 Å². The Balaban J connectivity index is 1.33. The van der Waals surface area contributed by atoms with E-state index in [9.17, 15) is 9.59 Å². The lowest BCUT2D eigenvalue weighted by Gasteiger charge is -2.04. The number of nitrogens with zero attached hydrogens (tertiary/aromatic N) is 3. The minimum Gasteiger partial charge on any atom is -0.347 e. The number of amides is 2. The van der Waals surface area contributed by atoms with E-state index in [1.54, 1.807) is 24.5 Å². The fourth-order valence-corrected chi connectivity index (χ4v) is 4.19. The summed E-state index contributed by atoms with van der Waals surface area (Å²) in [6.45, 7) is 0.324. The van der Waals surface area contributed by atoms with Gasteiger partial charge < -0.3 is 10.6 Å². The largest absolute Gasteiger partial charge is 0.347 e. The smallest absolute Gasteiger partial charge is 0.261 e. The van der Waals surface area contributed by atoms with Gasteiger partial charge in [-0.25, -0.2) is 4.68 Å². The van der Waals surface area contributed by atoms with Crippen LogP contribution in [0.1, 0.15) is 28.1 Å². The summed E-state index contributed by atoms with van der Waals surface area (Å²) in [7, 11) is 0. The number of benzene rings is 1. The van der Waals surface area contributed by atoms with Crippen molar-refractivity contribution in [2.45, 2.75) is 19.4 Å². The summed E-state index contributed by atoms with van der Waals surface area (Å²) in [5.74, 6) is -0.0219. The molecule has 32 heavy (non-hydrogen) atoms. The molecule has 2 N–H and O–H groups in total. The average Bonchev–Trinajstić information content (AvgIpc) is 3.44. The summed E-state index contributed by atoms with van der Waals surface area (Å²) in [4.78, 5) is 29.3. The average molecular weight is 444 g/mol. The first-order valence-corrected chi connectivity index (χ1v) is 11.2. The standard InChI is InChI=1S/C24H21N5O2S/c30-23(17-6-7-17)27-21-9-8-20(32-21)24(31)26-14-18-15-29(19-4-2-1-3-5-19)28-22(18)16-10-12-25-13-11-16/h1-5,8-13,15,17H,6-7,14H2,(H,26,31)(H,27,30). The van der Waals surface area contributed by atoms with E-state index in [4.69, 9.17) is 5.10 Å². The number of pyridine rings is 1. The zero-order valence-corrected chi connectivity index (χ0v) is 18.0. The van der Waals surface area contributed by atoms with Crippen LogP contribution in [0.15, 0.2) is 73.2 Å². The quantitative estimate of drug-likeness (QED) is 0.446. The molecule has 160 valence electrons. The SMILES string of the molecule is O=C(NCc1cn(-c2ccccc2)nc1-c1ccncc1)c1ccc(NC(=O)C2CC2)s1. The van der Waals surface area contributed by atoms with Crippen LogP contribution in [0.25, 0.3) is 16.9 Å². The van der Waals surface area contributed by atoms with Gasteiger partial charge in [-0.15, -0.1) is 11.3 Å². The highest BCUT2D eigenvalue weighted by Gasteiger charge is 2.29. The van der Waals surface area contributed by atoms with E-state index in [1.807, 2.05) is 53.3 Å². The van der Waals surface area contributed by atoms with Gasteiger partial charge in [0.1, 0.15) is 0 Å². The molecule has 0 unspecified atom stereocenters. The highest BCUT2D eigenvalue weighted by molar-refractivity contribution is 7.18. The Morgan fingerprint density at radius 2 is 1.81 bits per heavy atom. The lowest BCUT2D eigenvalue weighted by atomic mass is 10.1. The fraction of sp³-hybridized carbons (Fsp3) is 0.167. The third kappa shape index (κ3) is 4.45. The van der Waals surface area contributed by atoms with Crippen LogP contribution in [-0.4, -0.2) is 26.6 Å². The molecule has 2 amide bonds. The third-order valence-electron chi connectivity index (χ3n) is 5.23. The Labute approximate surface area is 189 Å². The zero-order chi connectivity index (χ0) is 21.9. The highest BCUT2D eigenvalue weighted by atomic mass is 32.1. The molecule has 0 spiro atoms. The molecule has 0 atom stereocenters. The summed E-state index contributed by atoms with van der Waals surface area (Å²) >= 11 is 1.28. The van der Waals surface area contributed by atoms with E-state index in [1.165, 1.54) is 11.3 Å². The molecular weight excluding hydrogens is 422 g/mol. The predicted octanol–water partition coefficient (Wildman–Crippen LogP) is 4.27. The fourth-order valence-electron chi connectivity index (χ4n) is 3.36. The molecule has 3 heterocycles. The van der Waals surface area contributed by atoms with Crippen molar-refractivity contribution in [3.63, 3.8) is 0 Å². The maximum absolute atomic E-state index is 12.7. The van der Waals surface area contributed by atoms with E-state index in [2.05, 4.69) is 15.6 Å². The van der Waals surface area contributed by atoms with Crippen molar-refractivity contribution in [3.8, 4) is 16.9 Å². The van der Waals surface area contributed by atoms with E-state index < -0.39 is 0 Å². The van der Waals surface area contributed by atoms with Gasteiger partial charge in [0, 0.05) is 42.2 Å². The maximum atomic E-state index is 12.7. The van der Waals surface area contributed by atoms with Crippen molar-refractivity contribution in [3.05, 3.63) is 83.6 Å². The topological polar surface area (TPSA) is 88.9 Å². The Morgan fingerprint density at radius 1 is 1.03 bits per heavy atom. The van der Waals surface area contributed by atoms with Crippen LogP contribution >= 0.6 is 11.3 Å². The minimum atomic E-state index is -0.185. The molecule has 1 aliphatic rings. The first-order valence-electron chi connectivity index (χ1n) is 10.4. The second-order valence-electron chi connectivity index (χ2n) is 7.63. The van der Waals surface area contributed by atoms with Gasteiger partial charge in [-0.3, -0.25) is 14.6 Å². The second kappa shape index (κ2) is 8.76. The molecule has 0 aliphatic heterocycles. The lowest BCUT2D eigenvalue weighted by Crippen LogP contribution is -2.21. The van der Waals surface area contributed by atoms with Crippen molar-refractivity contribution in [2.75, 3.05) is 5.32 Å². The molecule has 4 aromatic rings. The first kappa shape index (κ1) is 20.1. The van der Waals surface area contributed by atoms with Gasteiger partial charge in [0.05, 0.1) is 21.3 Å². The van der Waals surface area contributed by atoms with Crippen LogP contribution in [0.3, 0.4) is 0 Å². The molecule has 0 bridgehead atoms. The Morgan fingerprint density at radius 3 is 2.56 bits per heavy atom. The van der Waals surface area contributed by atoms with Gasteiger partial charge >= 0.3 is 0 Å². The number of hydrogen-bond acceptors (Lipinski definition) is 5. The molecule has 1 fully saturated rings. The maximum Gasteiger partial charge on any atom is 0.261 e. The van der Waals surface area contributed by atoms with E-state index in [-0.39, 0.29) is 17.7 Å². The molecule has 1 aromatic carbocycles. The van der Waals surface area contributed by atoms with Crippen molar-refractivity contribution < 1.29 is 9.59 Å². The van der Waals surface area contributed by atoms with Crippen molar-refractivity contribution in [1.29, 1.82) is 0 Å². The number of rotatable bonds is 7. The number of anilines is 1. The monoisotopic (exact) mass is 443 g/mol. The number of nitrogens with one attached hydrogen (secondary N) is 2. The van der Waals surface area contributed by atoms with E-state index in [0.717, 1.165) is 35.3 Å². The second-order valence-corrected chi connectivity index (χ2v) is 8.71. The first-order chi connectivity index (χ1) is 15.7. The van der Waals surface area contributed by atoms with E-state index in [0.29, 0.717) is 16.4 Å². The van der Waals surface area contributed by atoms with Crippen molar-refractivity contribution in [1.82, 2.24) is 20.1 Å². The summed E-state index contributed by atoms with van der Waals surface area (Å²) in [6.07, 6.45) is 7.27. The Bertz CT molecular complexity index is 1250. The molecule has 0 saturated heterocycles. The van der Waals surface area contributed by atoms with Gasteiger partial charge in [0.15, 0.2) is 0 Å². The van der Waals surface area contributed by atoms with Crippen molar-refractivity contribution in [2.24, 2.45) is 5.92 Å². The van der Waals surface area contributed by atoms with Gasteiger partial charge in [-0.05, 0) is 49.2 Å². The number of carbonyl (C=O) groups is 2. The number of hydrogen-bond donors (Lipinski definition) is 2. The molecule has 0 radical (unpaired) electrons. The molecule has 1 saturated carbocycles. The van der Waals surface area contributed by atoms with Crippen LogP contribution in [0.4, 0.5) is 5.00 Å². The summed E-state index contributed by atoms with van der Waals surface area (Å²) in [6, 6.07) is 17.1. The molecule has 8 heteroatoms. The van der Waals surface area contributed by atoms with Gasteiger partial charge in [0.25, 0.3) is 5.91 Å². The number of aromatic nitrogens is 3. The zero-order valence-electron chi connectivity index (χ0n) is 17.2. The molecule has 1 aliphatic carbocycles. The van der Waals surface area contributed by atoms with Crippen LogP contribution in [0.5, 0.6) is 0 Å². The van der Waals surface area contributed by atoms with Gasteiger partial charge in [-0.2, -0.15) is 5.10 Å². The third-order valence-corrected chi connectivity index (χ3v) is 6.23. The Kier molecular flexibility index (Phi) is 5.51. The molecular formula is C24H21N5O2S. The number of para-hydroxylation sites is 1. The minimum absolute atomic E-state index is 0.0362. The normalized spacial score (nSPS) is 13.0.